The van der Waals surface area contributed by atoms with Gasteiger partial charge in [0.2, 0.25) is 5.91 Å². The van der Waals surface area contributed by atoms with Gasteiger partial charge in [0, 0.05) is 11.5 Å². The van der Waals surface area contributed by atoms with Crippen molar-refractivity contribution in [3.05, 3.63) is 77.4 Å². The number of ether oxygens (including phenoxy) is 1. The predicted octanol–water partition coefficient (Wildman–Crippen LogP) is 4.79. The lowest BCUT2D eigenvalue weighted by atomic mass is 10.2. The lowest BCUT2D eigenvalue weighted by Gasteiger charge is -2.10. The van der Waals surface area contributed by atoms with Gasteiger partial charge in [0.05, 0.1) is 29.3 Å². The molecule has 0 aliphatic rings. The molecule has 1 N–H and O–H groups in total. The summed E-state index contributed by atoms with van der Waals surface area (Å²) in [7, 11) is 0. The Hall–Kier alpha value is -3.38. The molecular weight excluding hydrogens is 388 g/mol. The summed E-state index contributed by atoms with van der Waals surface area (Å²) in [4.78, 5) is 17.1. The Labute approximate surface area is 173 Å². The number of rotatable bonds is 6. The molecule has 0 atom stereocenters. The maximum atomic E-state index is 12.4. The van der Waals surface area contributed by atoms with Crippen LogP contribution in [0, 0.1) is 6.92 Å². The van der Waals surface area contributed by atoms with E-state index in [1.807, 2.05) is 61.5 Å². The summed E-state index contributed by atoms with van der Waals surface area (Å²) in [6.07, 6.45) is 0.181. The minimum Gasteiger partial charge on any atom is -0.491 e. The molecule has 2 aromatic carbocycles. The van der Waals surface area contributed by atoms with E-state index in [0.717, 1.165) is 16.6 Å². The Kier molecular flexibility index (Phi) is 5.44. The molecular formula is C22H19ClN4O2. The predicted molar refractivity (Wildman–Crippen MR) is 114 cm³/mol. The van der Waals surface area contributed by atoms with Crippen molar-refractivity contribution in [2.45, 2.75) is 13.3 Å². The molecule has 0 unspecified atom stereocenters. The molecule has 0 bridgehead atoms. The molecule has 2 heterocycles. The van der Waals surface area contributed by atoms with Gasteiger partial charge in [-0.15, -0.1) is 0 Å². The van der Waals surface area contributed by atoms with Gasteiger partial charge in [0.1, 0.15) is 11.6 Å². The van der Waals surface area contributed by atoms with Gasteiger partial charge in [0.15, 0.2) is 5.82 Å². The molecule has 6 nitrogen and oxygen atoms in total. The van der Waals surface area contributed by atoms with Crippen LogP contribution in [-0.4, -0.2) is 27.3 Å². The third kappa shape index (κ3) is 4.38. The zero-order valence-electron chi connectivity index (χ0n) is 15.8. The van der Waals surface area contributed by atoms with Crippen molar-refractivity contribution in [2.75, 3.05) is 11.9 Å². The largest absolute Gasteiger partial charge is 0.491 e. The first-order valence-electron chi connectivity index (χ1n) is 9.20. The highest BCUT2D eigenvalue weighted by Gasteiger charge is 2.13. The van der Waals surface area contributed by atoms with E-state index in [1.54, 1.807) is 16.8 Å². The van der Waals surface area contributed by atoms with Gasteiger partial charge in [-0.3, -0.25) is 4.79 Å². The molecule has 0 saturated carbocycles. The van der Waals surface area contributed by atoms with E-state index in [2.05, 4.69) is 15.4 Å². The number of fused-ring (bicyclic) bond motifs is 1. The smallest absolute Gasteiger partial charge is 0.228 e. The van der Waals surface area contributed by atoms with E-state index < -0.39 is 0 Å². The number of carbonyl (C=O) groups is 1. The maximum absolute atomic E-state index is 12.4. The Morgan fingerprint density at radius 1 is 1.10 bits per heavy atom. The summed E-state index contributed by atoms with van der Waals surface area (Å²) in [5.41, 5.74) is 1.64. The molecule has 0 aliphatic carbocycles. The third-order valence-electron chi connectivity index (χ3n) is 4.32. The zero-order chi connectivity index (χ0) is 20.2. The first kappa shape index (κ1) is 19.0. The lowest BCUT2D eigenvalue weighted by Crippen LogP contribution is -2.18. The van der Waals surface area contributed by atoms with E-state index in [9.17, 15) is 4.79 Å². The van der Waals surface area contributed by atoms with Crippen LogP contribution in [0.1, 0.15) is 12.1 Å². The number of pyridine rings is 1. The monoisotopic (exact) mass is 406 g/mol. The second-order valence-corrected chi connectivity index (χ2v) is 6.93. The van der Waals surface area contributed by atoms with E-state index in [1.165, 1.54) is 0 Å². The van der Waals surface area contributed by atoms with Crippen LogP contribution in [0.2, 0.25) is 5.02 Å². The van der Waals surface area contributed by atoms with Crippen LogP contribution in [0.3, 0.4) is 0 Å². The van der Waals surface area contributed by atoms with Gasteiger partial charge < -0.3 is 10.1 Å². The van der Waals surface area contributed by atoms with Crippen LogP contribution in [0.5, 0.6) is 5.75 Å². The second kappa shape index (κ2) is 8.32. The number of benzene rings is 2. The van der Waals surface area contributed by atoms with Crippen LogP contribution in [0.25, 0.3) is 16.7 Å². The Morgan fingerprint density at radius 2 is 1.90 bits per heavy atom. The number of carbonyl (C=O) groups excluding carboxylic acids is 1. The van der Waals surface area contributed by atoms with Gasteiger partial charge in [-0.2, -0.15) is 9.78 Å². The molecule has 1 amide bonds. The fourth-order valence-corrected chi connectivity index (χ4v) is 3.15. The average Bonchev–Trinajstić information content (AvgIpc) is 3.09. The molecule has 0 spiro atoms. The van der Waals surface area contributed by atoms with E-state index in [4.69, 9.17) is 16.3 Å². The van der Waals surface area contributed by atoms with Crippen molar-refractivity contribution in [1.29, 1.82) is 0 Å². The van der Waals surface area contributed by atoms with Gasteiger partial charge in [-0.05, 0) is 37.3 Å². The van der Waals surface area contributed by atoms with Crippen molar-refractivity contribution in [3.8, 4) is 11.6 Å². The summed E-state index contributed by atoms with van der Waals surface area (Å²) < 4.78 is 7.22. The summed E-state index contributed by atoms with van der Waals surface area (Å²) in [5.74, 6) is 1.58. The molecule has 0 aliphatic heterocycles. The number of nitrogens with one attached hydrogen (secondary N) is 1. The van der Waals surface area contributed by atoms with Crippen molar-refractivity contribution in [3.63, 3.8) is 0 Å². The summed E-state index contributed by atoms with van der Waals surface area (Å²) >= 11 is 6.06. The van der Waals surface area contributed by atoms with Crippen molar-refractivity contribution < 1.29 is 9.53 Å². The second-order valence-electron chi connectivity index (χ2n) is 6.52. The van der Waals surface area contributed by atoms with Crippen LogP contribution >= 0.6 is 11.6 Å². The Balaban J connectivity index is 1.46. The molecule has 4 aromatic rings. The minimum atomic E-state index is -0.181. The van der Waals surface area contributed by atoms with Crippen LogP contribution < -0.4 is 10.1 Å². The number of amides is 1. The fourth-order valence-electron chi connectivity index (χ4n) is 2.96. The number of aryl methyl sites for hydroxylation is 1. The maximum Gasteiger partial charge on any atom is 0.228 e. The Morgan fingerprint density at radius 3 is 2.76 bits per heavy atom. The van der Waals surface area contributed by atoms with E-state index >= 15 is 0 Å². The number of anilines is 1. The summed E-state index contributed by atoms with van der Waals surface area (Å²) in [6.45, 7) is 2.09. The standard InChI is InChI=1S/C22H19ClN4O2/c1-15-14-21(25-22(28)12-13-29-19-9-5-3-7-17(19)23)27(26-15)20-11-10-16-6-2-4-8-18(16)24-20/h2-11,14H,12-13H2,1H3,(H,25,28). The zero-order valence-corrected chi connectivity index (χ0v) is 16.6. The SMILES string of the molecule is Cc1cc(NC(=O)CCOc2ccccc2Cl)n(-c2ccc3ccccc3n2)n1. The number of aromatic nitrogens is 3. The van der Waals surface area contributed by atoms with Crippen molar-refractivity contribution in [2.24, 2.45) is 0 Å². The van der Waals surface area contributed by atoms with E-state index in [-0.39, 0.29) is 18.9 Å². The summed E-state index contributed by atoms with van der Waals surface area (Å²) in [6, 6.07) is 20.7. The molecule has 0 fully saturated rings. The molecule has 7 heteroatoms. The number of halogens is 1. The highest BCUT2D eigenvalue weighted by Crippen LogP contribution is 2.23. The van der Waals surface area contributed by atoms with Crippen molar-refractivity contribution in [1.82, 2.24) is 14.8 Å². The number of para-hydroxylation sites is 2. The van der Waals surface area contributed by atoms with Gasteiger partial charge in [-0.25, -0.2) is 4.98 Å². The minimum absolute atomic E-state index is 0.181. The molecule has 4 rings (SSSR count). The summed E-state index contributed by atoms with van der Waals surface area (Å²) in [5, 5.41) is 8.92. The molecule has 2 aromatic heterocycles. The van der Waals surface area contributed by atoms with Crippen LogP contribution in [0.4, 0.5) is 5.82 Å². The molecule has 0 radical (unpaired) electrons. The number of hydrogen-bond donors (Lipinski definition) is 1. The quantitative estimate of drug-likeness (QED) is 0.499. The fraction of sp³-hybridized carbons (Fsp3) is 0.136. The molecule has 0 saturated heterocycles. The van der Waals surface area contributed by atoms with Crippen LogP contribution in [-0.2, 0) is 4.79 Å². The first-order valence-corrected chi connectivity index (χ1v) is 9.58. The Bertz CT molecular complexity index is 1170. The topological polar surface area (TPSA) is 69.0 Å². The highest BCUT2D eigenvalue weighted by molar-refractivity contribution is 6.32. The van der Waals surface area contributed by atoms with E-state index in [0.29, 0.717) is 22.4 Å². The highest BCUT2D eigenvalue weighted by atomic mass is 35.5. The van der Waals surface area contributed by atoms with Gasteiger partial charge in [0.25, 0.3) is 0 Å². The lowest BCUT2D eigenvalue weighted by molar-refractivity contribution is -0.116. The van der Waals surface area contributed by atoms with Crippen LogP contribution in [0.15, 0.2) is 66.7 Å². The number of nitrogens with zero attached hydrogens (tertiary/aromatic N) is 3. The van der Waals surface area contributed by atoms with Crippen molar-refractivity contribution >= 4 is 34.2 Å². The van der Waals surface area contributed by atoms with Gasteiger partial charge >= 0.3 is 0 Å². The first-order chi connectivity index (χ1) is 14.1. The van der Waals surface area contributed by atoms with Gasteiger partial charge in [-0.1, -0.05) is 41.9 Å². The average molecular weight is 407 g/mol. The third-order valence-corrected chi connectivity index (χ3v) is 4.64. The normalized spacial score (nSPS) is 10.8. The molecule has 146 valence electrons. The molecule has 29 heavy (non-hydrogen) atoms. The number of hydrogen-bond acceptors (Lipinski definition) is 4.